The molecule has 0 aliphatic carbocycles. The van der Waals surface area contributed by atoms with Crippen molar-refractivity contribution in [2.75, 3.05) is 62.9 Å². The van der Waals surface area contributed by atoms with Gasteiger partial charge in [0.25, 0.3) is 0 Å². The molecule has 2 heterocycles. The van der Waals surface area contributed by atoms with Crippen molar-refractivity contribution >= 4 is 23.1 Å². The first-order valence-corrected chi connectivity index (χ1v) is 8.51. The molecule has 7 nitrogen and oxygen atoms in total. The number of nitrogens with one attached hydrogen (secondary N) is 2. The van der Waals surface area contributed by atoms with Crippen LogP contribution in [-0.2, 0) is 0 Å². The van der Waals surface area contributed by atoms with E-state index in [1.54, 1.807) is 7.11 Å². The molecule has 25 heavy (non-hydrogen) atoms. The van der Waals surface area contributed by atoms with E-state index in [0.29, 0.717) is 5.95 Å². The number of hydrogen-bond acceptors (Lipinski definition) is 7. The van der Waals surface area contributed by atoms with Crippen molar-refractivity contribution in [1.29, 1.82) is 0 Å². The van der Waals surface area contributed by atoms with E-state index in [0.717, 1.165) is 54.8 Å². The topological polar surface area (TPSA) is 65.6 Å². The number of methoxy groups -OCH3 is 1. The molecule has 0 atom stereocenters. The van der Waals surface area contributed by atoms with Crippen LogP contribution in [0, 0.1) is 6.92 Å². The van der Waals surface area contributed by atoms with Crippen molar-refractivity contribution in [3.63, 3.8) is 0 Å². The first-order chi connectivity index (χ1) is 12.1. The van der Waals surface area contributed by atoms with Gasteiger partial charge in [0.2, 0.25) is 5.95 Å². The molecule has 1 aliphatic rings. The van der Waals surface area contributed by atoms with E-state index in [2.05, 4.69) is 43.5 Å². The molecule has 0 amide bonds. The predicted molar refractivity (Wildman–Crippen MR) is 102 cm³/mol. The van der Waals surface area contributed by atoms with Gasteiger partial charge in [-0.25, -0.2) is 4.98 Å². The van der Waals surface area contributed by atoms with Crippen LogP contribution >= 0.6 is 0 Å². The standard InChI is InChI=1S/C18H26N6O/c1-13-11-17(19-2)22-18(20-13)21-14-5-6-16(25-4)15(12-14)24-9-7-23(3)8-10-24/h5-6,11-12H,7-10H2,1-4H3,(H2,19,20,21,22). The average Bonchev–Trinajstić information content (AvgIpc) is 2.62. The van der Waals surface area contributed by atoms with Crippen LogP contribution in [0.25, 0.3) is 0 Å². The molecule has 1 saturated heterocycles. The lowest BCUT2D eigenvalue weighted by atomic mass is 10.2. The quantitative estimate of drug-likeness (QED) is 0.864. The largest absolute Gasteiger partial charge is 0.495 e. The van der Waals surface area contributed by atoms with Crippen LogP contribution in [0.5, 0.6) is 5.75 Å². The lowest BCUT2D eigenvalue weighted by molar-refractivity contribution is 0.311. The minimum Gasteiger partial charge on any atom is -0.495 e. The smallest absolute Gasteiger partial charge is 0.229 e. The summed E-state index contributed by atoms with van der Waals surface area (Å²) >= 11 is 0. The number of aryl methyl sites for hydroxylation is 1. The van der Waals surface area contributed by atoms with E-state index in [1.165, 1.54) is 0 Å². The van der Waals surface area contributed by atoms with Crippen LogP contribution in [0.2, 0.25) is 0 Å². The van der Waals surface area contributed by atoms with Gasteiger partial charge in [0.1, 0.15) is 11.6 Å². The fourth-order valence-corrected chi connectivity index (χ4v) is 2.94. The van der Waals surface area contributed by atoms with E-state index in [1.807, 2.05) is 32.2 Å². The molecule has 0 radical (unpaired) electrons. The van der Waals surface area contributed by atoms with Gasteiger partial charge >= 0.3 is 0 Å². The summed E-state index contributed by atoms with van der Waals surface area (Å²) in [5.74, 6) is 2.26. The molecule has 0 bridgehead atoms. The Morgan fingerprint density at radius 3 is 2.52 bits per heavy atom. The second kappa shape index (κ2) is 7.57. The minimum atomic E-state index is 0.582. The first-order valence-electron chi connectivity index (χ1n) is 8.51. The molecule has 3 rings (SSSR count). The van der Waals surface area contributed by atoms with Crippen molar-refractivity contribution in [2.45, 2.75) is 6.92 Å². The summed E-state index contributed by atoms with van der Waals surface area (Å²) in [5, 5.41) is 6.36. The normalized spacial score (nSPS) is 15.1. The summed E-state index contributed by atoms with van der Waals surface area (Å²) < 4.78 is 5.56. The van der Waals surface area contributed by atoms with Gasteiger partial charge in [0.05, 0.1) is 12.8 Å². The Morgan fingerprint density at radius 1 is 1.08 bits per heavy atom. The maximum Gasteiger partial charge on any atom is 0.229 e. The van der Waals surface area contributed by atoms with E-state index in [4.69, 9.17) is 4.74 Å². The maximum absolute atomic E-state index is 5.56. The second-order valence-corrected chi connectivity index (χ2v) is 6.27. The Morgan fingerprint density at radius 2 is 1.84 bits per heavy atom. The number of anilines is 4. The van der Waals surface area contributed by atoms with Crippen molar-refractivity contribution < 1.29 is 4.74 Å². The summed E-state index contributed by atoms with van der Waals surface area (Å²) in [6.45, 7) is 6.03. The van der Waals surface area contributed by atoms with Crippen molar-refractivity contribution in [1.82, 2.24) is 14.9 Å². The minimum absolute atomic E-state index is 0.582. The van der Waals surface area contributed by atoms with Crippen molar-refractivity contribution in [3.05, 3.63) is 30.0 Å². The van der Waals surface area contributed by atoms with E-state index < -0.39 is 0 Å². The monoisotopic (exact) mass is 342 g/mol. The molecule has 2 aromatic rings. The summed E-state index contributed by atoms with van der Waals surface area (Å²) in [5.41, 5.74) is 2.96. The Balaban J connectivity index is 1.85. The molecule has 1 aromatic carbocycles. The van der Waals surface area contributed by atoms with Gasteiger partial charge in [-0.05, 0) is 32.2 Å². The Labute approximate surface area is 149 Å². The van der Waals surface area contributed by atoms with Crippen molar-refractivity contribution in [3.8, 4) is 5.75 Å². The molecule has 134 valence electrons. The molecule has 1 fully saturated rings. The van der Waals surface area contributed by atoms with E-state index in [9.17, 15) is 0 Å². The Kier molecular flexibility index (Phi) is 5.23. The fourth-order valence-electron chi connectivity index (χ4n) is 2.94. The van der Waals surface area contributed by atoms with Crippen LogP contribution in [0.4, 0.5) is 23.1 Å². The molecule has 0 spiro atoms. The number of piperazine rings is 1. The summed E-state index contributed by atoms with van der Waals surface area (Å²) in [6.07, 6.45) is 0. The molecule has 1 aromatic heterocycles. The van der Waals surface area contributed by atoms with Crippen LogP contribution < -0.4 is 20.3 Å². The van der Waals surface area contributed by atoms with Gasteiger partial charge in [-0.3, -0.25) is 0 Å². The zero-order valence-corrected chi connectivity index (χ0v) is 15.3. The molecular formula is C18H26N6O. The van der Waals surface area contributed by atoms with Gasteiger partial charge in [-0.1, -0.05) is 0 Å². The number of hydrogen-bond donors (Lipinski definition) is 2. The van der Waals surface area contributed by atoms with Crippen molar-refractivity contribution in [2.24, 2.45) is 0 Å². The maximum atomic E-state index is 5.56. The first kappa shape index (κ1) is 17.3. The molecule has 0 unspecified atom stereocenters. The average molecular weight is 342 g/mol. The lowest BCUT2D eigenvalue weighted by Gasteiger charge is -2.34. The van der Waals surface area contributed by atoms with Gasteiger partial charge in [-0.2, -0.15) is 4.98 Å². The van der Waals surface area contributed by atoms with Crippen LogP contribution in [-0.4, -0.2) is 62.3 Å². The number of rotatable bonds is 5. The van der Waals surface area contributed by atoms with Gasteiger partial charge in [0, 0.05) is 50.7 Å². The number of ether oxygens (including phenoxy) is 1. The fraction of sp³-hybridized carbons (Fsp3) is 0.444. The Hall–Kier alpha value is -2.54. The predicted octanol–water partition coefficient (Wildman–Crippen LogP) is 2.33. The zero-order chi connectivity index (χ0) is 17.8. The second-order valence-electron chi connectivity index (χ2n) is 6.27. The van der Waals surface area contributed by atoms with Gasteiger partial charge in [-0.15, -0.1) is 0 Å². The highest BCUT2D eigenvalue weighted by atomic mass is 16.5. The summed E-state index contributed by atoms with van der Waals surface area (Å²) in [7, 11) is 5.72. The highest BCUT2D eigenvalue weighted by Gasteiger charge is 2.18. The van der Waals surface area contributed by atoms with Crippen LogP contribution in [0.1, 0.15) is 5.69 Å². The third kappa shape index (κ3) is 4.11. The molecule has 0 saturated carbocycles. The number of aromatic nitrogens is 2. The van der Waals surface area contributed by atoms with Gasteiger partial charge < -0.3 is 25.2 Å². The summed E-state index contributed by atoms with van der Waals surface area (Å²) in [6, 6.07) is 8.00. The SMILES string of the molecule is CNc1cc(C)nc(Nc2ccc(OC)c(N3CCN(C)CC3)c2)n1. The highest BCUT2D eigenvalue weighted by Crippen LogP contribution is 2.32. The molecule has 2 N–H and O–H groups in total. The van der Waals surface area contributed by atoms with Crippen LogP contribution in [0.15, 0.2) is 24.3 Å². The third-order valence-electron chi connectivity index (χ3n) is 4.39. The summed E-state index contributed by atoms with van der Waals surface area (Å²) in [4.78, 5) is 13.6. The van der Waals surface area contributed by atoms with E-state index in [-0.39, 0.29) is 0 Å². The molecule has 7 heteroatoms. The zero-order valence-electron chi connectivity index (χ0n) is 15.3. The molecule has 1 aliphatic heterocycles. The van der Waals surface area contributed by atoms with Gasteiger partial charge in [0.15, 0.2) is 0 Å². The van der Waals surface area contributed by atoms with E-state index >= 15 is 0 Å². The number of benzene rings is 1. The lowest BCUT2D eigenvalue weighted by Crippen LogP contribution is -2.44. The highest BCUT2D eigenvalue weighted by molar-refractivity contribution is 5.69. The molecular weight excluding hydrogens is 316 g/mol. The number of likely N-dealkylation sites (N-methyl/N-ethyl adjacent to an activating group) is 1. The third-order valence-corrected chi connectivity index (χ3v) is 4.39. The number of nitrogens with zero attached hydrogens (tertiary/aromatic N) is 4. The van der Waals surface area contributed by atoms with Crippen LogP contribution in [0.3, 0.4) is 0 Å². The Bertz CT molecular complexity index is 728.